The molecule has 0 aliphatic rings. The monoisotopic (exact) mass is 756 g/mol. The number of benzene rings is 9. The Kier molecular flexibility index (Phi) is 8.27. The number of aromatic nitrogens is 1. The normalized spacial score (nSPS) is 11.6. The maximum Gasteiger partial charge on any atom is 0.145 e. The molecule has 0 bridgehead atoms. The standard InChI is InChI=1S/C56H40N2O/c1-37-28-30-42(31-29-37)57(53-36-49(40-18-7-4-8-19-40)48(34-38(53)2)39-16-5-3-6-17-39)52-33-32-44(56-55(52)47-24-11-14-27-54(47)59-56)41-20-15-21-43(35-41)58-50-25-12-9-22-45(50)46-23-10-13-26-51(46)58/h3-36H,1-2H3. The van der Waals surface area contributed by atoms with Crippen LogP contribution in [0.3, 0.4) is 0 Å². The summed E-state index contributed by atoms with van der Waals surface area (Å²) < 4.78 is 9.34. The van der Waals surface area contributed by atoms with E-state index in [4.69, 9.17) is 4.42 Å². The summed E-state index contributed by atoms with van der Waals surface area (Å²) in [7, 11) is 0. The first-order valence-electron chi connectivity index (χ1n) is 20.3. The number of hydrogen-bond acceptors (Lipinski definition) is 2. The lowest BCUT2D eigenvalue weighted by atomic mass is 9.91. The molecule has 0 amide bonds. The zero-order chi connectivity index (χ0) is 39.5. The van der Waals surface area contributed by atoms with E-state index in [9.17, 15) is 0 Å². The van der Waals surface area contributed by atoms with Gasteiger partial charge in [0.1, 0.15) is 11.2 Å². The van der Waals surface area contributed by atoms with E-state index in [1.165, 1.54) is 55.2 Å². The molecule has 0 aliphatic heterocycles. The van der Waals surface area contributed by atoms with Gasteiger partial charge in [-0.3, -0.25) is 0 Å². The van der Waals surface area contributed by atoms with Crippen molar-refractivity contribution in [2.45, 2.75) is 13.8 Å². The zero-order valence-electron chi connectivity index (χ0n) is 32.9. The van der Waals surface area contributed by atoms with Crippen LogP contribution in [0.1, 0.15) is 11.1 Å². The van der Waals surface area contributed by atoms with Crippen molar-refractivity contribution < 1.29 is 4.42 Å². The summed E-state index contributed by atoms with van der Waals surface area (Å²) in [5, 5.41) is 4.65. The Morgan fingerprint density at radius 2 is 1.00 bits per heavy atom. The van der Waals surface area contributed by atoms with E-state index >= 15 is 0 Å². The first-order valence-corrected chi connectivity index (χ1v) is 20.3. The second-order valence-electron chi connectivity index (χ2n) is 15.4. The lowest BCUT2D eigenvalue weighted by molar-refractivity contribution is 0.670. The Balaban J connectivity index is 1.16. The van der Waals surface area contributed by atoms with Crippen LogP contribution in [0, 0.1) is 13.8 Å². The number of aryl methyl sites for hydroxylation is 2. The van der Waals surface area contributed by atoms with Crippen molar-refractivity contribution in [3.8, 4) is 39.1 Å². The molecule has 3 nitrogen and oxygen atoms in total. The SMILES string of the molecule is Cc1ccc(N(c2cc(-c3ccccc3)c(-c3ccccc3)cc2C)c2ccc(-c3cccc(-n4c5ccccc5c5ccccc54)c3)c3oc4ccccc4c23)cc1. The fourth-order valence-electron chi connectivity index (χ4n) is 8.99. The number of hydrogen-bond donors (Lipinski definition) is 0. The molecule has 0 spiro atoms. The molecule has 0 N–H and O–H groups in total. The molecular formula is C56H40N2O. The summed E-state index contributed by atoms with van der Waals surface area (Å²) in [5.41, 5.74) is 17.7. The van der Waals surface area contributed by atoms with Gasteiger partial charge in [-0.05, 0) is 114 Å². The summed E-state index contributed by atoms with van der Waals surface area (Å²) in [6, 6.07) is 74.3. The van der Waals surface area contributed by atoms with Crippen LogP contribution >= 0.6 is 0 Å². The molecule has 11 aromatic rings. The van der Waals surface area contributed by atoms with Gasteiger partial charge in [-0.25, -0.2) is 0 Å². The molecule has 0 atom stereocenters. The first-order chi connectivity index (χ1) is 29.1. The van der Waals surface area contributed by atoms with E-state index in [2.05, 4.69) is 230 Å². The molecule has 2 aromatic heterocycles. The average molecular weight is 757 g/mol. The number of furan rings is 1. The number of fused-ring (bicyclic) bond motifs is 6. The van der Waals surface area contributed by atoms with Gasteiger partial charge in [-0.2, -0.15) is 0 Å². The van der Waals surface area contributed by atoms with E-state index in [-0.39, 0.29) is 0 Å². The molecule has 280 valence electrons. The summed E-state index contributed by atoms with van der Waals surface area (Å²) in [4.78, 5) is 2.43. The maximum absolute atomic E-state index is 6.96. The highest BCUT2D eigenvalue weighted by molar-refractivity contribution is 6.17. The zero-order valence-corrected chi connectivity index (χ0v) is 32.9. The number of rotatable bonds is 7. The molecule has 0 saturated carbocycles. The van der Waals surface area contributed by atoms with E-state index in [0.29, 0.717) is 0 Å². The van der Waals surface area contributed by atoms with Crippen LogP contribution in [0.5, 0.6) is 0 Å². The Labute approximate surface area is 343 Å². The molecule has 0 radical (unpaired) electrons. The van der Waals surface area contributed by atoms with Crippen molar-refractivity contribution in [2.24, 2.45) is 0 Å². The quantitative estimate of drug-likeness (QED) is 0.161. The highest BCUT2D eigenvalue weighted by Crippen LogP contribution is 2.49. The molecule has 0 fully saturated rings. The van der Waals surface area contributed by atoms with E-state index < -0.39 is 0 Å². The van der Waals surface area contributed by atoms with Gasteiger partial charge in [-0.15, -0.1) is 0 Å². The summed E-state index contributed by atoms with van der Waals surface area (Å²) in [6.07, 6.45) is 0. The van der Waals surface area contributed by atoms with E-state index in [0.717, 1.165) is 55.8 Å². The van der Waals surface area contributed by atoms with Crippen LogP contribution in [0.25, 0.3) is 82.8 Å². The number of anilines is 3. The van der Waals surface area contributed by atoms with Crippen molar-refractivity contribution in [2.75, 3.05) is 4.90 Å². The van der Waals surface area contributed by atoms with Crippen LogP contribution in [-0.2, 0) is 0 Å². The van der Waals surface area contributed by atoms with Crippen LogP contribution in [-0.4, -0.2) is 4.57 Å². The van der Waals surface area contributed by atoms with Crippen molar-refractivity contribution in [1.82, 2.24) is 4.57 Å². The van der Waals surface area contributed by atoms with Gasteiger partial charge in [0.25, 0.3) is 0 Å². The van der Waals surface area contributed by atoms with Crippen molar-refractivity contribution >= 4 is 60.8 Å². The topological polar surface area (TPSA) is 21.3 Å². The van der Waals surface area contributed by atoms with Gasteiger partial charge >= 0.3 is 0 Å². The van der Waals surface area contributed by atoms with Gasteiger partial charge < -0.3 is 13.9 Å². The van der Waals surface area contributed by atoms with Gasteiger partial charge in [0.05, 0.1) is 22.1 Å². The van der Waals surface area contributed by atoms with Crippen molar-refractivity contribution in [3.63, 3.8) is 0 Å². The molecule has 11 rings (SSSR count). The lowest BCUT2D eigenvalue weighted by Gasteiger charge is -2.29. The Bertz CT molecular complexity index is 3280. The van der Waals surface area contributed by atoms with Crippen molar-refractivity contribution in [3.05, 3.63) is 217 Å². The molecule has 59 heavy (non-hydrogen) atoms. The van der Waals surface area contributed by atoms with Crippen molar-refractivity contribution in [1.29, 1.82) is 0 Å². The van der Waals surface area contributed by atoms with Crippen LogP contribution in [0.2, 0.25) is 0 Å². The Morgan fingerprint density at radius 1 is 0.424 bits per heavy atom. The summed E-state index contributed by atoms with van der Waals surface area (Å²) >= 11 is 0. The Morgan fingerprint density at radius 3 is 1.68 bits per heavy atom. The predicted molar refractivity (Wildman–Crippen MR) is 249 cm³/mol. The number of para-hydroxylation sites is 3. The second-order valence-corrected chi connectivity index (χ2v) is 15.4. The Hall–Kier alpha value is -7.62. The minimum atomic E-state index is 0.861. The maximum atomic E-state index is 6.96. The smallest absolute Gasteiger partial charge is 0.145 e. The third-order valence-electron chi connectivity index (χ3n) is 11.8. The third-order valence-corrected chi connectivity index (χ3v) is 11.8. The molecule has 0 unspecified atom stereocenters. The minimum absolute atomic E-state index is 0.861. The predicted octanol–water partition coefficient (Wildman–Crippen LogP) is 15.8. The first kappa shape index (κ1) is 34.6. The molecule has 0 aliphatic carbocycles. The van der Waals surface area contributed by atoms with Gasteiger partial charge in [0.15, 0.2) is 0 Å². The molecule has 2 heterocycles. The largest absolute Gasteiger partial charge is 0.455 e. The van der Waals surface area contributed by atoms with Crippen LogP contribution in [0.4, 0.5) is 17.1 Å². The van der Waals surface area contributed by atoms with Gasteiger partial charge in [-0.1, -0.05) is 145 Å². The average Bonchev–Trinajstić information content (AvgIpc) is 3.85. The summed E-state index contributed by atoms with van der Waals surface area (Å²) in [6.45, 7) is 4.38. The molecular weight excluding hydrogens is 717 g/mol. The van der Waals surface area contributed by atoms with Gasteiger partial charge in [0, 0.05) is 38.8 Å². The fourth-order valence-corrected chi connectivity index (χ4v) is 8.99. The lowest BCUT2D eigenvalue weighted by Crippen LogP contribution is -2.12. The number of nitrogens with zero attached hydrogens (tertiary/aromatic N) is 2. The molecule has 3 heteroatoms. The second kappa shape index (κ2) is 14.1. The highest BCUT2D eigenvalue weighted by Gasteiger charge is 2.25. The molecule has 9 aromatic carbocycles. The minimum Gasteiger partial charge on any atom is -0.455 e. The van der Waals surface area contributed by atoms with E-state index in [1.807, 2.05) is 0 Å². The van der Waals surface area contributed by atoms with Gasteiger partial charge in [0.2, 0.25) is 0 Å². The van der Waals surface area contributed by atoms with Crippen LogP contribution < -0.4 is 4.90 Å². The summed E-state index contributed by atoms with van der Waals surface area (Å²) in [5.74, 6) is 0. The highest BCUT2D eigenvalue weighted by atomic mass is 16.3. The molecule has 0 saturated heterocycles. The third kappa shape index (κ3) is 5.82. The fraction of sp³-hybridized carbons (Fsp3) is 0.0357. The van der Waals surface area contributed by atoms with E-state index in [1.54, 1.807) is 0 Å². The van der Waals surface area contributed by atoms with Crippen LogP contribution in [0.15, 0.2) is 211 Å².